The fourth-order valence-electron chi connectivity index (χ4n) is 2.55. The van der Waals surface area contributed by atoms with Gasteiger partial charge < -0.3 is 5.32 Å². The van der Waals surface area contributed by atoms with Crippen molar-refractivity contribution >= 4 is 22.9 Å². The average Bonchev–Trinajstić information content (AvgIpc) is 3.11. The van der Waals surface area contributed by atoms with Crippen molar-refractivity contribution in [2.75, 3.05) is 5.32 Å². The number of rotatable bonds is 5. The van der Waals surface area contributed by atoms with E-state index in [2.05, 4.69) is 15.4 Å². The van der Waals surface area contributed by atoms with Gasteiger partial charge in [-0.25, -0.2) is 4.98 Å². The van der Waals surface area contributed by atoms with Crippen LogP contribution in [-0.4, -0.2) is 20.7 Å². The second-order valence-electron chi connectivity index (χ2n) is 6.04. The van der Waals surface area contributed by atoms with Crippen molar-refractivity contribution in [2.24, 2.45) is 0 Å². The molecule has 25 heavy (non-hydrogen) atoms. The highest BCUT2D eigenvalue weighted by atomic mass is 32.1. The van der Waals surface area contributed by atoms with Gasteiger partial charge in [-0.1, -0.05) is 17.7 Å². The van der Waals surface area contributed by atoms with Gasteiger partial charge in [0.1, 0.15) is 0 Å². The topological polar surface area (TPSA) is 79.8 Å². The quantitative estimate of drug-likeness (QED) is 0.737. The summed E-state index contributed by atoms with van der Waals surface area (Å²) < 4.78 is 1.44. The van der Waals surface area contributed by atoms with Crippen molar-refractivity contribution in [2.45, 2.75) is 33.6 Å². The van der Waals surface area contributed by atoms with E-state index < -0.39 is 0 Å². The Morgan fingerprint density at radius 1 is 1.24 bits per heavy atom. The van der Waals surface area contributed by atoms with Gasteiger partial charge >= 0.3 is 0 Å². The molecule has 2 aromatic heterocycles. The molecule has 6 nitrogen and oxygen atoms in total. The zero-order chi connectivity index (χ0) is 18.0. The van der Waals surface area contributed by atoms with Gasteiger partial charge in [-0.2, -0.15) is 4.68 Å². The van der Waals surface area contributed by atoms with Crippen LogP contribution in [0, 0.1) is 20.8 Å². The number of carbonyl (C=O) groups excluding carboxylic acids is 1. The minimum absolute atomic E-state index is 0.111. The van der Waals surface area contributed by atoms with Crippen molar-refractivity contribution in [1.82, 2.24) is 14.8 Å². The Balaban J connectivity index is 1.69. The SMILES string of the molecule is Cc1ccc(NC(=O)CCc2c(C)[nH]n(-c3nc(C)cs3)c2=O)cc1. The van der Waals surface area contributed by atoms with E-state index in [1.54, 1.807) is 0 Å². The van der Waals surface area contributed by atoms with Crippen molar-refractivity contribution in [1.29, 1.82) is 0 Å². The Labute approximate surface area is 149 Å². The van der Waals surface area contributed by atoms with Gasteiger partial charge in [0.25, 0.3) is 5.56 Å². The Bertz CT molecular complexity index is 950. The molecule has 0 radical (unpaired) electrons. The Kier molecular flexibility index (Phi) is 4.85. The molecule has 0 saturated carbocycles. The van der Waals surface area contributed by atoms with E-state index in [0.717, 1.165) is 22.6 Å². The fraction of sp³-hybridized carbons (Fsp3) is 0.278. The lowest BCUT2D eigenvalue weighted by molar-refractivity contribution is -0.116. The highest BCUT2D eigenvalue weighted by Crippen LogP contribution is 2.14. The normalized spacial score (nSPS) is 10.8. The lowest BCUT2D eigenvalue weighted by Gasteiger charge is -2.05. The molecule has 0 unspecified atom stereocenters. The first-order chi connectivity index (χ1) is 11.9. The molecular formula is C18H20N4O2S. The number of hydrogen-bond acceptors (Lipinski definition) is 4. The first-order valence-electron chi connectivity index (χ1n) is 8.03. The molecule has 7 heteroatoms. The minimum Gasteiger partial charge on any atom is -0.326 e. The van der Waals surface area contributed by atoms with E-state index in [9.17, 15) is 9.59 Å². The Morgan fingerprint density at radius 3 is 2.60 bits per heavy atom. The second kappa shape index (κ2) is 7.06. The summed E-state index contributed by atoms with van der Waals surface area (Å²) in [5.74, 6) is -0.111. The lowest BCUT2D eigenvalue weighted by Crippen LogP contribution is -2.19. The van der Waals surface area contributed by atoms with E-state index in [4.69, 9.17) is 0 Å². The number of carbonyl (C=O) groups is 1. The van der Waals surface area contributed by atoms with Crippen LogP contribution in [0.25, 0.3) is 5.13 Å². The number of anilines is 1. The van der Waals surface area contributed by atoms with Crippen LogP contribution in [0.3, 0.4) is 0 Å². The molecule has 0 aliphatic heterocycles. The van der Waals surface area contributed by atoms with Crippen LogP contribution in [0.2, 0.25) is 0 Å². The minimum atomic E-state index is -0.144. The van der Waals surface area contributed by atoms with Gasteiger partial charge in [0.2, 0.25) is 11.0 Å². The summed E-state index contributed by atoms with van der Waals surface area (Å²) in [6, 6.07) is 7.63. The van der Waals surface area contributed by atoms with Crippen LogP contribution in [0.1, 0.15) is 28.9 Å². The smallest absolute Gasteiger partial charge is 0.276 e. The number of aryl methyl sites for hydroxylation is 3. The molecule has 1 aromatic carbocycles. The third-order valence-corrected chi connectivity index (χ3v) is 4.87. The van der Waals surface area contributed by atoms with Crippen LogP contribution < -0.4 is 10.9 Å². The largest absolute Gasteiger partial charge is 0.326 e. The number of benzene rings is 1. The van der Waals surface area contributed by atoms with Crippen molar-refractivity contribution < 1.29 is 4.79 Å². The number of thiazole rings is 1. The van der Waals surface area contributed by atoms with Gasteiger partial charge in [-0.15, -0.1) is 11.3 Å². The number of amides is 1. The van der Waals surface area contributed by atoms with Gasteiger partial charge in [0.15, 0.2) is 0 Å². The maximum Gasteiger partial charge on any atom is 0.276 e. The van der Waals surface area contributed by atoms with Crippen molar-refractivity contribution in [3.63, 3.8) is 0 Å². The number of H-pyrrole nitrogens is 1. The standard InChI is InChI=1S/C18H20N4O2S/c1-11-4-6-14(7-5-11)20-16(23)9-8-15-13(3)21-22(17(15)24)18-19-12(2)10-25-18/h4-7,10,21H,8-9H2,1-3H3,(H,20,23). The van der Waals surface area contributed by atoms with E-state index in [0.29, 0.717) is 17.1 Å². The number of nitrogens with one attached hydrogen (secondary N) is 2. The van der Waals surface area contributed by atoms with E-state index in [1.807, 2.05) is 50.4 Å². The zero-order valence-corrected chi connectivity index (χ0v) is 15.2. The summed E-state index contributed by atoms with van der Waals surface area (Å²) in [5, 5.41) is 8.40. The molecule has 1 amide bonds. The summed E-state index contributed by atoms with van der Waals surface area (Å²) >= 11 is 1.41. The third kappa shape index (κ3) is 3.88. The first kappa shape index (κ1) is 17.2. The van der Waals surface area contributed by atoms with E-state index in [1.165, 1.54) is 16.0 Å². The molecule has 0 spiro atoms. The van der Waals surface area contributed by atoms with Crippen LogP contribution in [0.5, 0.6) is 0 Å². The van der Waals surface area contributed by atoms with Crippen molar-refractivity contribution in [3.8, 4) is 5.13 Å². The first-order valence-corrected chi connectivity index (χ1v) is 8.91. The zero-order valence-electron chi connectivity index (χ0n) is 14.4. The Hall–Kier alpha value is -2.67. The number of nitrogens with zero attached hydrogens (tertiary/aromatic N) is 2. The summed E-state index contributed by atoms with van der Waals surface area (Å²) in [7, 11) is 0. The molecule has 2 N–H and O–H groups in total. The monoisotopic (exact) mass is 356 g/mol. The molecule has 0 fully saturated rings. The van der Waals surface area contributed by atoms with Crippen LogP contribution in [-0.2, 0) is 11.2 Å². The molecule has 130 valence electrons. The molecule has 3 aromatic rings. The molecule has 0 aliphatic carbocycles. The van der Waals surface area contributed by atoms with Crippen LogP contribution in [0.4, 0.5) is 5.69 Å². The molecule has 0 bridgehead atoms. The number of aromatic amines is 1. The van der Waals surface area contributed by atoms with Crippen LogP contribution in [0.15, 0.2) is 34.4 Å². The summed E-state index contributed by atoms with van der Waals surface area (Å²) in [6.45, 7) is 5.72. The molecule has 0 aliphatic rings. The Morgan fingerprint density at radius 2 is 1.96 bits per heavy atom. The van der Waals surface area contributed by atoms with Crippen molar-refractivity contribution in [3.05, 3.63) is 62.5 Å². The van der Waals surface area contributed by atoms with Crippen LogP contribution >= 0.6 is 11.3 Å². The molecule has 3 rings (SSSR count). The average molecular weight is 356 g/mol. The predicted molar refractivity (Wildman–Crippen MR) is 99.7 cm³/mol. The highest BCUT2D eigenvalue weighted by molar-refractivity contribution is 7.12. The maximum absolute atomic E-state index is 12.6. The van der Waals surface area contributed by atoms with E-state index in [-0.39, 0.29) is 17.9 Å². The molecule has 2 heterocycles. The van der Waals surface area contributed by atoms with Gasteiger partial charge in [-0.3, -0.25) is 14.7 Å². The molecule has 0 saturated heterocycles. The maximum atomic E-state index is 12.6. The third-order valence-electron chi connectivity index (χ3n) is 3.93. The fourth-order valence-corrected chi connectivity index (χ4v) is 3.31. The second-order valence-corrected chi connectivity index (χ2v) is 6.88. The molecular weight excluding hydrogens is 336 g/mol. The van der Waals surface area contributed by atoms with Gasteiger partial charge in [-0.05, 0) is 39.3 Å². The summed E-state index contributed by atoms with van der Waals surface area (Å²) in [5.41, 5.74) is 4.01. The molecule has 0 atom stereocenters. The van der Waals surface area contributed by atoms with Gasteiger partial charge in [0.05, 0.1) is 5.69 Å². The number of hydrogen-bond donors (Lipinski definition) is 2. The van der Waals surface area contributed by atoms with Gasteiger partial charge in [0, 0.05) is 28.7 Å². The summed E-state index contributed by atoms with van der Waals surface area (Å²) in [4.78, 5) is 29.0. The number of aromatic nitrogens is 3. The predicted octanol–water partition coefficient (Wildman–Crippen LogP) is 3.12. The lowest BCUT2D eigenvalue weighted by atomic mass is 10.1. The van der Waals surface area contributed by atoms with E-state index >= 15 is 0 Å². The summed E-state index contributed by atoms with van der Waals surface area (Å²) in [6.07, 6.45) is 0.634. The highest BCUT2D eigenvalue weighted by Gasteiger charge is 2.15.